The number of thiophene rings is 1. The lowest BCUT2D eigenvalue weighted by molar-refractivity contribution is 0.164. The van der Waals surface area contributed by atoms with Gasteiger partial charge in [-0.15, -0.1) is 11.3 Å². The third kappa shape index (κ3) is 3.98. The Kier molecular flexibility index (Phi) is 5.95. The quantitative estimate of drug-likeness (QED) is 0.321. The van der Waals surface area contributed by atoms with Crippen LogP contribution in [-0.2, 0) is 30.5 Å². The summed E-state index contributed by atoms with van der Waals surface area (Å²) < 4.78 is 7.34. The van der Waals surface area contributed by atoms with Crippen LogP contribution < -0.4 is 5.56 Å². The molecule has 0 bridgehead atoms. The maximum absolute atomic E-state index is 13.4. The van der Waals surface area contributed by atoms with Crippen LogP contribution in [0.4, 0.5) is 0 Å². The number of fused-ring (bicyclic) bond motifs is 3. The zero-order valence-electron chi connectivity index (χ0n) is 15.6. The predicted octanol–water partition coefficient (Wildman–Crippen LogP) is 4.32. The fraction of sp³-hybridized carbons (Fsp3) is 0.429. The van der Waals surface area contributed by atoms with Crippen molar-refractivity contribution >= 4 is 33.3 Å². The first-order valence-electron chi connectivity index (χ1n) is 9.57. The molecule has 1 aliphatic carbocycles. The fourth-order valence-corrected chi connectivity index (χ4v) is 5.77. The number of rotatable bonds is 8. The molecule has 1 aromatic carbocycles. The topological polar surface area (TPSA) is 44.1 Å². The zero-order chi connectivity index (χ0) is 18.6. The van der Waals surface area contributed by atoms with Gasteiger partial charge in [-0.25, -0.2) is 4.98 Å². The normalized spacial score (nSPS) is 13.4. The molecular weight excluding hydrogens is 376 g/mol. The second-order valence-corrected chi connectivity index (χ2v) is 8.82. The predicted molar refractivity (Wildman–Crippen MR) is 113 cm³/mol. The lowest BCUT2D eigenvalue weighted by Crippen LogP contribution is -2.24. The van der Waals surface area contributed by atoms with Crippen LogP contribution in [0, 0.1) is 0 Å². The number of hydrogen-bond acceptors (Lipinski definition) is 5. The molecule has 0 radical (unpaired) electrons. The van der Waals surface area contributed by atoms with Crippen LogP contribution in [0.15, 0.2) is 40.3 Å². The highest BCUT2D eigenvalue weighted by atomic mass is 32.2. The summed E-state index contributed by atoms with van der Waals surface area (Å²) in [6.07, 6.45) is 4.10. The maximum Gasteiger partial charge on any atom is 0.263 e. The van der Waals surface area contributed by atoms with E-state index < -0.39 is 0 Å². The molecule has 0 amide bonds. The molecule has 1 aliphatic rings. The molecule has 3 aromatic rings. The molecule has 2 heterocycles. The Bertz CT molecular complexity index is 979. The first-order chi connectivity index (χ1) is 13.3. The van der Waals surface area contributed by atoms with Crippen LogP contribution in [0.1, 0.15) is 29.3 Å². The van der Waals surface area contributed by atoms with E-state index in [4.69, 9.17) is 9.72 Å². The molecule has 0 saturated carbocycles. The number of aromatic nitrogens is 2. The van der Waals surface area contributed by atoms with Crippen LogP contribution in [0.25, 0.3) is 10.2 Å². The van der Waals surface area contributed by atoms with Crippen molar-refractivity contribution in [2.24, 2.45) is 0 Å². The number of benzene rings is 1. The Morgan fingerprint density at radius 2 is 2.11 bits per heavy atom. The van der Waals surface area contributed by atoms with E-state index in [-0.39, 0.29) is 5.56 Å². The summed E-state index contributed by atoms with van der Waals surface area (Å²) >= 11 is 3.34. The standard InChI is InChI=1S/C21H24N2O2S2/c1-2-25-13-14-26-21-22-19-18(16-9-6-10-17(16)27-19)20(24)23(21)12-11-15-7-4-3-5-8-15/h3-5,7-8H,2,6,9-14H2,1H3. The van der Waals surface area contributed by atoms with Gasteiger partial charge in [0.05, 0.1) is 12.0 Å². The summed E-state index contributed by atoms with van der Waals surface area (Å²) in [5, 5.41) is 1.69. The first kappa shape index (κ1) is 18.7. The van der Waals surface area contributed by atoms with Gasteiger partial charge in [-0.05, 0) is 43.7 Å². The average molecular weight is 401 g/mol. The molecule has 0 N–H and O–H groups in total. The Morgan fingerprint density at radius 1 is 1.26 bits per heavy atom. The largest absolute Gasteiger partial charge is 0.381 e. The van der Waals surface area contributed by atoms with E-state index in [0.717, 1.165) is 46.8 Å². The molecule has 27 heavy (non-hydrogen) atoms. The van der Waals surface area contributed by atoms with Gasteiger partial charge >= 0.3 is 0 Å². The highest BCUT2D eigenvalue weighted by molar-refractivity contribution is 7.99. The van der Waals surface area contributed by atoms with Gasteiger partial charge in [0, 0.05) is 23.8 Å². The second kappa shape index (κ2) is 8.59. The van der Waals surface area contributed by atoms with E-state index in [2.05, 4.69) is 12.1 Å². The Hall–Kier alpha value is -1.63. The molecule has 6 heteroatoms. The fourth-order valence-electron chi connectivity index (χ4n) is 3.59. The summed E-state index contributed by atoms with van der Waals surface area (Å²) in [6.45, 7) is 4.05. The van der Waals surface area contributed by atoms with E-state index in [1.165, 1.54) is 16.0 Å². The molecule has 4 nitrogen and oxygen atoms in total. The monoisotopic (exact) mass is 400 g/mol. The number of nitrogens with zero attached hydrogens (tertiary/aromatic N) is 2. The molecule has 0 atom stereocenters. The maximum atomic E-state index is 13.4. The Balaban J connectivity index is 1.68. The summed E-state index contributed by atoms with van der Waals surface area (Å²) in [5.41, 5.74) is 2.63. The average Bonchev–Trinajstić information content (AvgIpc) is 3.26. The molecule has 0 unspecified atom stereocenters. The van der Waals surface area contributed by atoms with E-state index in [9.17, 15) is 4.79 Å². The third-order valence-corrected chi connectivity index (χ3v) is 7.05. The van der Waals surface area contributed by atoms with E-state index in [0.29, 0.717) is 19.8 Å². The number of hydrogen-bond donors (Lipinski definition) is 0. The van der Waals surface area contributed by atoms with Crippen molar-refractivity contribution < 1.29 is 4.74 Å². The summed E-state index contributed by atoms with van der Waals surface area (Å²) in [5.74, 6) is 0.808. The Labute approximate surface area is 167 Å². The third-order valence-electron chi connectivity index (χ3n) is 4.92. The number of ether oxygens (including phenoxy) is 1. The van der Waals surface area contributed by atoms with Gasteiger partial charge < -0.3 is 4.74 Å². The Morgan fingerprint density at radius 3 is 2.93 bits per heavy atom. The molecule has 4 rings (SSSR count). The molecular formula is C21H24N2O2S2. The molecule has 0 spiro atoms. The highest BCUT2D eigenvalue weighted by Crippen LogP contribution is 2.35. The summed E-state index contributed by atoms with van der Waals surface area (Å²) in [7, 11) is 0. The molecule has 0 fully saturated rings. The van der Waals surface area contributed by atoms with Crippen molar-refractivity contribution in [1.82, 2.24) is 9.55 Å². The second-order valence-electron chi connectivity index (χ2n) is 6.67. The first-order valence-corrected chi connectivity index (χ1v) is 11.4. The number of thioether (sulfide) groups is 1. The van der Waals surface area contributed by atoms with E-state index >= 15 is 0 Å². The van der Waals surface area contributed by atoms with Crippen molar-refractivity contribution in [2.45, 2.75) is 44.3 Å². The number of aryl methyl sites for hydroxylation is 3. The minimum atomic E-state index is 0.134. The zero-order valence-corrected chi connectivity index (χ0v) is 17.2. The summed E-state index contributed by atoms with van der Waals surface area (Å²) in [6, 6.07) is 10.3. The van der Waals surface area contributed by atoms with Gasteiger partial charge in [-0.1, -0.05) is 42.1 Å². The van der Waals surface area contributed by atoms with Gasteiger partial charge in [-0.2, -0.15) is 0 Å². The van der Waals surface area contributed by atoms with Crippen molar-refractivity contribution in [3.05, 3.63) is 56.7 Å². The van der Waals surface area contributed by atoms with Gasteiger partial charge in [0.15, 0.2) is 5.16 Å². The molecule has 0 saturated heterocycles. The van der Waals surface area contributed by atoms with E-state index in [1.807, 2.05) is 29.7 Å². The van der Waals surface area contributed by atoms with Crippen LogP contribution in [-0.4, -0.2) is 28.5 Å². The van der Waals surface area contributed by atoms with Crippen molar-refractivity contribution in [2.75, 3.05) is 19.0 Å². The van der Waals surface area contributed by atoms with Crippen LogP contribution in [0.2, 0.25) is 0 Å². The minimum absolute atomic E-state index is 0.134. The van der Waals surface area contributed by atoms with Gasteiger partial charge in [0.25, 0.3) is 5.56 Å². The van der Waals surface area contributed by atoms with E-state index in [1.54, 1.807) is 23.1 Å². The van der Waals surface area contributed by atoms with Crippen LogP contribution in [0.5, 0.6) is 0 Å². The van der Waals surface area contributed by atoms with Crippen LogP contribution >= 0.6 is 23.1 Å². The van der Waals surface area contributed by atoms with Gasteiger partial charge in [0.2, 0.25) is 0 Å². The van der Waals surface area contributed by atoms with Crippen molar-refractivity contribution in [3.63, 3.8) is 0 Å². The van der Waals surface area contributed by atoms with Crippen molar-refractivity contribution in [1.29, 1.82) is 0 Å². The molecule has 2 aromatic heterocycles. The summed E-state index contributed by atoms with van der Waals surface area (Å²) in [4.78, 5) is 20.5. The van der Waals surface area contributed by atoms with Crippen molar-refractivity contribution in [3.8, 4) is 0 Å². The highest BCUT2D eigenvalue weighted by Gasteiger charge is 2.23. The van der Waals surface area contributed by atoms with Gasteiger partial charge in [-0.3, -0.25) is 9.36 Å². The lowest BCUT2D eigenvalue weighted by atomic mass is 10.1. The minimum Gasteiger partial charge on any atom is -0.381 e. The van der Waals surface area contributed by atoms with Gasteiger partial charge in [0.1, 0.15) is 4.83 Å². The molecule has 142 valence electrons. The lowest BCUT2D eigenvalue weighted by Gasteiger charge is -2.12. The van der Waals surface area contributed by atoms with Crippen LogP contribution in [0.3, 0.4) is 0 Å². The molecule has 0 aliphatic heterocycles. The smallest absolute Gasteiger partial charge is 0.263 e. The SMILES string of the molecule is CCOCCSc1nc2sc3c(c2c(=O)n1CCc1ccccc1)CCC3.